The lowest BCUT2D eigenvalue weighted by Crippen LogP contribution is -2.20. The van der Waals surface area contributed by atoms with Gasteiger partial charge in [-0.05, 0) is 18.1 Å². The molecule has 5 heteroatoms. The molecule has 0 radical (unpaired) electrons. The van der Waals surface area contributed by atoms with Gasteiger partial charge in [-0.2, -0.15) is 0 Å². The number of rotatable bonds is 3. The molecule has 16 heavy (non-hydrogen) atoms. The van der Waals surface area contributed by atoms with Crippen LogP contribution in [0.15, 0.2) is 18.2 Å². The zero-order valence-electron chi connectivity index (χ0n) is 9.08. The highest BCUT2D eigenvalue weighted by Gasteiger charge is 1.91. The predicted molar refractivity (Wildman–Crippen MR) is 62.2 cm³/mol. The Kier molecular flexibility index (Phi) is 4.83. The van der Waals surface area contributed by atoms with Crippen molar-refractivity contribution >= 4 is 11.7 Å². The number of nitrogen functional groups attached to an aromatic ring is 1. The van der Waals surface area contributed by atoms with E-state index in [4.69, 9.17) is 5.84 Å². The van der Waals surface area contributed by atoms with Gasteiger partial charge in [-0.3, -0.25) is 4.79 Å². The van der Waals surface area contributed by atoms with Crippen LogP contribution >= 0.6 is 0 Å². The number of nitrogens with one attached hydrogen (secondary N) is 2. The summed E-state index contributed by atoms with van der Waals surface area (Å²) in [5, 5.41) is 2.66. The Hall–Kier alpha value is -2.06. The normalized spacial score (nSPS) is 8.88. The lowest BCUT2D eigenvalue weighted by atomic mass is 10.3. The minimum absolute atomic E-state index is 0.0470. The molecule has 0 atom stereocenters. The summed E-state index contributed by atoms with van der Waals surface area (Å²) in [6, 6.07) is 5.37. The number of hydrogen-bond acceptors (Lipinski definition) is 4. The third-order valence-electron chi connectivity index (χ3n) is 1.74. The van der Waals surface area contributed by atoms with Crippen LogP contribution in [0.2, 0.25) is 0 Å². The second-order valence-corrected chi connectivity index (χ2v) is 3.09. The van der Waals surface area contributed by atoms with Crippen molar-refractivity contribution in [3.8, 4) is 11.8 Å². The van der Waals surface area contributed by atoms with Gasteiger partial charge in [-0.1, -0.05) is 12.0 Å². The SMILES string of the molecule is CC(=O)NCCC#Cc1cccc(NN)n1. The zero-order valence-corrected chi connectivity index (χ0v) is 9.08. The maximum atomic E-state index is 10.6. The molecule has 0 spiro atoms. The summed E-state index contributed by atoms with van der Waals surface area (Å²) in [6.45, 7) is 2.03. The molecule has 0 aromatic carbocycles. The Balaban J connectivity index is 2.46. The number of carbonyl (C=O) groups excluding carboxylic acids is 1. The molecule has 84 valence electrons. The Morgan fingerprint density at radius 2 is 2.38 bits per heavy atom. The summed E-state index contributed by atoms with van der Waals surface area (Å²) in [5.41, 5.74) is 3.10. The molecule has 0 aliphatic carbocycles. The molecule has 4 N–H and O–H groups in total. The number of aromatic nitrogens is 1. The predicted octanol–water partition coefficient (Wildman–Crippen LogP) is 0.245. The van der Waals surface area contributed by atoms with Gasteiger partial charge in [0.05, 0.1) is 0 Å². The monoisotopic (exact) mass is 218 g/mol. The summed E-state index contributed by atoms with van der Waals surface area (Å²) < 4.78 is 0. The highest BCUT2D eigenvalue weighted by molar-refractivity contribution is 5.72. The molecule has 5 nitrogen and oxygen atoms in total. The van der Waals surface area contributed by atoms with E-state index >= 15 is 0 Å². The minimum Gasteiger partial charge on any atom is -0.355 e. The van der Waals surface area contributed by atoms with E-state index in [1.165, 1.54) is 6.92 Å². The van der Waals surface area contributed by atoms with Gasteiger partial charge in [0, 0.05) is 19.9 Å². The molecular weight excluding hydrogens is 204 g/mol. The molecule has 1 rings (SSSR count). The molecule has 0 bridgehead atoms. The van der Waals surface area contributed by atoms with E-state index in [9.17, 15) is 4.79 Å². The number of amides is 1. The Morgan fingerprint density at radius 1 is 1.56 bits per heavy atom. The Labute approximate surface area is 94.4 Å². The average molecular weight is 218 g/mol. The summed E-state index contributed by atoms with van der Waals surface area (Å²) in [4.78, 5) is 14.7. The third kappa shape index (κ3) is 4.44. The molecule has 0 unspecified atom stereocenters. The van der Waals surface area contributed by atoms with Crippen LogP contribution in [0, 0.1) is 11.8 Å². The number of nitrogens with two attached hydrogens (primary N) is 1. The van der Waals surface area contributed by atoms with Gasteiger partial charge < -0.3 is 10.7 Å². The molecule has 1 heterocycles. The maximum Gasteiger partial charge on any atom is 0.216 e. The van der Waals surface area contributed by atoms with E-state index in [1.807, 2.05) is 6.07 Å². The van der Waals surface area contributed by atoms with E-state index in [2.05, 4.69) is 27.6 Å². The van der Waals surface area contributed by atoms with Crippen LogP contribution < -0.4 is 16.6 Å². The lowest BCUT2D eigenvalue weighted by Gasteiger charge is -1.97. The first-order valence-electron chi connectivity index (χ1n) is 4.89. The van der Waals surface area contributed by atoms with Crippen LogP contribution in [0.25, 0.3) is 0 Å². The van der Waals surface area contributed by atoms with Crippen LogP contribution in [0.5, 0.6) is 0 Å². The van der Waals surface area contributed by atoms with E-state index in [-0.39, 0.29) is 5.91 Å². The van der Waals surface area contributed by atoms with Crippen molar-refractivity contribution in [2.45, 2.75) is 13.3 Å². The molecule has 0 saturated carbocycles. The standard InChI is InChI=1S/C11H14N4O/c1-9(16)13-8-3-2-5-10-6-4-7-11(14-10)15-12/h4,6-7H,3,8,12H2,1H3,(H,13,16)(H,14,15). The minimum atomic E-state index is -0.0470. The second-order valence-electron chi connectivity index (χ2n) is 3.09. The molecule has 0 fully saturated rings. The number of anilines is 1. The molecular formula is C11H14N4O. The highest BCUT2D eigenvalue weighted by atomic mass is 16.1. The average Bonchev–Trinajstić information content (AvgIpc) is 2.28. The van der Waals surface area contributed by atoms with Gasteiger partial charge in [0.15, 0.2) is 0 Å². The lowest BCUT2D eigenvalue weighted by molar-refractivity contribution is -0.118. The fourth-order valence-corrected chi connectivity index (χ4v) is 1.04. The fourth-order valence-electron chi connectivity index (χ4n) is 1.04. The van der Waals surface area contributed by atoms with Crippen molar-refractivity contribution < 1.29 is 4.79 Å². The number of carbonyl (C=O) groups is 1. The number of pyridine rings is 1. The quantitative estimate of drug-likeness (QED) is 0.294. The van der Waals surface area contributed by atoms with Gasteiger partial charge >= 0.3 is 0 Å². The van der Waals surface area contributed by atoms with E-state index in [0.29, 0.717) is 24.5 Å². The van der Waals surface area contributed by atoms with Crippen molar-refractivity contribution in [1.82, 2.24) is 10.3 Å². The van der Waals surface area contributed by atoms with Crippen molar-refractivity contribution in [2.24, 2.45) is 5.84 Å². The summed E-state index contributed by atoms with van der Waals surface area (Å²) in [6.07, 6.45) is 0.599. The maximum absolute atomic E-state index is 10.6. The largest absolute Gasteiger partial charge is 0.355 e. The zero-order chi connectivity index (χ0) is 11.8. The van der Waals surface area contributed by atoms with Crippen LogP contribution in [-0.4, -0.2) is 17.4 Å². The number of nitrogens with zero attached hydrogens (tertiary/aromatic N) is 1. The van der Waals surface area contributed by atoms with Gasteiger partial charge in [0.25, 0.3) is 0 Å². The topological polar surface area (TPSA) is 80.0 Å². The number of hydrogen-bond donors (Lipinski definition) is 3. The van der Waals surface area contributed by atoms with Crippen molar-refractivity contribution in [3.05, 3.63) is 23.9 Å². The molecule has 1 aromatic rings. The molecule has 0 saturated heterocycles. The molecule has 0 aliphatic rings. The smallest absolute Gasteiger partial charge is 0.216 e. The Morgan fingerprint density at radius 3 is 3.06 bits per heavy atom. The molecule has 1 amide bonds. The molecule has 0 aliphatic heterocycles. The summed E-state index contributed by atoms with van der Waals surface area (Å²) in [7, 11) is 0. The van der Waals surface area contributed by atoms with Gasteiger partial charge in [0.2, 0.25) is 5.91 Å². The fraction of sp³-hybridized carbons (Fsp3) is 0.273. The number of hydrazine groups is 1. The highest BCUT2D eigenvalue weighted by Crippen LogP contribution is 2.01. The first-order valence-corrected chi connectivity index (χ1v) is 4.89. The van der Waals surface area contributed by atoms with Crippen LogP contribution in [0.1, 0.15) is 19.0 Å². The van der Waals surface area contributed by atoms with Gasteiger partial charge in [-0.25, -0.2) is 10.8 Å². The van der Waals surface area contributed by atoms with Crippen LogP contribution in [-0.2, 0) is 4.79 Å². The van der Waals surface area contributed by atoms with Gasteiger partial charge in [0.1, 0.15) is 11.5 Å². The van der Waals surface area contributed by atoms with E-state index in [0.717, 1.165) is 0 Å². The third-order valence-corrected chi connectivity index (χ3v) is 1.74. The first kappa shape index (κ1) is 12.0. The van der Waals surface area contributed by atoms with E-state index in [1.54, 1.807) is 12.1 Å². The van der Waals surface area contributed by atoms with E-state index < -0.39 is 0 Å². The summed E-state index contributed by atoms with van der Waals surface area (Å²) in [5.74, 6) is 11.5. The van der Waals surface area contributed by atoms with Crippen molar-refractivity contribution in [2.75, 3.05) is 12.0 Å². The molecule has 1 aromatic heterocycles. The van der Waals surface area contributed by atoms with Gasteiger partial charge in [-0.15, -0.1) is 0 Å². The first-order chi connectivity index (χ1) is 7.72. The van der Waals surface area contributed by atoms with Crippen molar-refractivity contribution in [3.63, 3.8) is 0 Å². The van der Waals surface area contributed by atoms with Crippen molar-refractivity contribution in [1.29, 1.82) is 0 Å². The summed E-state index contributed by atoms with van der Waals surface area (Å²) >= 11 is 0. The van der Waals surface area contributed by atoms with Crippen LogP contribution in [0.4, 0.5) is 5.82 Å². The van der Waals surface area contributed by atoms with Crippen LogP contribution in [0.3, 0.4) is 0 Å². The Bertz CT molecular complexity index is 419. The second kappa shape index (κ2) is 6.43.